The lowest BCUT2D eigenvalue weighted by Gasteiger charge is -2.30. The summed E-state index contributed by atoms with van der Waals surface area (Å²) in [6.45, 7) is 24.3. The molecule has 53 heavy (non-hydrogen) atoms. The van der Waals surface area contributed by atoms with Gasteiger partial charge in [0.15, 0.2) is 0 Å². The molecule has 3 rings (SSSR count). The summed E-state index contributed by atoms with van der Waals surface area (Å²) >= 11 is 0. The van der Waals surface area contributed by atoms with Crippen LogP contribution in [0.2, 0.25) is 0 Å². The molecule has 0 unspecified atom stereocenters. The zero-order valence-electron chi connectivity index (χ0n) is 37.5. The monoisotopic (exact) mass is 725 g/mol. The minimum Gasteiger partial charge on any atom is -0.0654 e. The van der Waals surface area contributed by atoms with Crippen molar-refractivity contribution in [2.24, 2.45) is 0 Å². The van der Waals surface area contributed by atoms with Crippen molar-refractivity contribution in [3.05, 3.63) is 55.6 Å². The number of fused-ring (bicyclic) bond motifs is 2. The van der Waals surface area contributed by atoms with Gasteiger partial charge in [0.25, 0.3) is 0 Å². The average molecular weight is 725 g/mol. The number of aryl methyl sites for hydroxylation is 6. The number of hydrogen-bond acceptors (Lipinski definition) is 0. The number of hydrogen-bond donors (Lipinski definition) is 0. The van der Waals surface area contributed by atoms with Gasteiger partial charge in [-0.2, -0.15) is 0 Å². The Hall–Kier alpha value is -1.82. The third kappa shape index (κ3) is 12.1. The van der Waals surface area contributed by atoms with Crippen LogP contribution >= 0.6 is 0 Å². The minimum atomic E-state index is 1.15. The van der Waals surface area contributed by atoms with Gasteiger partial charge in [-0.25, -0.2) is 0 Å². The Morgan fingerprint density at radius 1 is 0.226 bits per heavy atom. The van der Waals surface area contributed by atoms with Crippen molar-refractivity contribution >= 4 is 21.5 Å². The number of benzene rings is 3. The van der Waals surface area contributed by atoms with E-state index in [4.69, 9.17) is 0 Å². The first kappa shape index (κ1) is 45.6. The summed E-state index contributed by atoms with van der Waals surface area (Å²) in [5, 5.41) is 6.92. The Bertz CT molecular complexity index is 1500. The Balaban J connectivity index is 2.56. The number of unbranched alkanes of at least 4 members (excludes halogenated alkanes) is 16. The lowest BCUT2D eigenvalue weighted by Crippen LogP contribution is -2.12. The molecule has 0 radical (unpaired) electrons. The summed E-state index contributed by atoms with van der Waals surface area (Å²) in [5.41, 5.74) is 17.2. The quantitative estimate of drug-likeness (QED) is 0.0494. The summed E-state index contributed by atoms with van der Waals surface area (Å²) in [6.07, 6.45) is 38.4. The van der Waals surface area contributed by atoms with Crippen LogP contribution in [0.3, 0.4) is 0 Å². The van der Waals surface area contributed by atoms with Crippen molar-refractivity contribution in [1.82, 2.24) is 0 Å². The van der Waals surface area contributed by atoms with Gasteiger partial charge in [0.2, 0.25) is 0 Å². The lowest BCUT2D eigenvalue weighted by atomic mass is 9.74. The van der Waals surface area contributed by atoms with Crippen LogP contribution in [-0.4, -0.2) is 0 Å². The van der Waals surface area contributed by atoms with Crippen LogP contribution in [0, 0.1) is 20.8 Å². The van der Waals surface area contributed by atoms with E-state index in [0.717, 1.165) is 6.42 Å². The molecule has 300 valence electrons. The van der Waals surface area contributed by atoms with E-state index in [1.807, 2.05) is 11.1 Å². The highest BCUT2D eigenvalue weighted by Gasteiger charge is 2.27. The van der Waals surface area contributed by atoms with Gasteiger partial charge in [-0.15, -0.1) is 0 Å². The Morgan fingerprint density at radius 3 is 1.11 bits per heavy atom. The molecule has 0 amide bonds. The van der Waals surface area contributed by atoms with Gasteiger partial charge in [-0.3, -0.25) is 0 Å². The van der Waals surface area contributed by atoms with Gasteiger partial charge in [-0.1, -0.05) is 158 Å². The second-order valence-electron chi connectivity index (χ2n) is 17.2. The predicted molar refractivity (Wildman–Crippen MR) is 243 cm³/mol. The van der Waals surface area contributed by atoms with E-state index < -0.39 is 0 Å². The molecule has 0 fully saturated rings. The fourth-order valence-electron chi connectivity index (χ4n) is 10.1. The van der Waals surface area contributed by atoms with E-state index in [-0.39, 0.29) is 0 Å². The first-order chi connectivity index (χ1) is 25.9. The van der Waals surface area contributed by atoms with Gasteiger partial charge >= 0.3 is 0 Å². The van der Waals surface area contributed by atoms with E-state index in [1.165, 1.54) is 180 Å². The van der Waals surface area contributed by atoms with E-state index in [2.05, 4.69) is 69.2 Å². The average Bonchev–Trinajstić information content (AvgIpc) is 3.16. The van der Waals surface area contributed by atoms with Crippen molar-refractivity contribution < 1.29 is 0 Å². The zero-order chi connectivity index (χ0) is 38.6. The molecule has 3 aromatic rings. The zero-order valence-corrected chi connectivity index (χ0v) is 37.5. The smallest absolute Gasteiger partial charge is 0.0105 e. The first-order valence-electron chi connectivity index (χ1n) is 23.9. The van der Waals surface area contributed by atoms with Crippen LogP contribution in [0.25, 0.3) is 21.5 Å². The summed E-state index contributed by atoms with van der Waals surface area (Å²) in [5.74, 6) is 0. The summed E-state index contributed by atoms with van der Waals surface area (Å²) in [7, 11) is 0. The summed E-state index contributed by atoms with van der Waals surface area (Å²) < 4.78 is 0. The molecule has 0 atom stereocenters. The fourth-order valence-corrected chi connectivity index (χ4v) is 10.1. The van der Waals surface area contributed by atoms with Crippen molar-refractivity contribution in [2.45, 2.75) is 255 Å². The van der Waals surface area contributed by atoms with Crippen LogP contribution in [-0.2, 0) is 44.9 Å². The molecule has 0 aliphatic rings. The largest absolute Gasteiger partial charge is 0.0654 e. The Morgan fingerprint density at radius 2 is 0.585 bits per heavy atom. The first-order valence-corrected chi connectivity index (χ1v) is 23.9. The minimum absolute atomic E-state index is 1.15. The van der Waals surface area contributed by atoms with E-state index in [0.29, 0.717) is 0 Å². The topological polar surface area (TPSA) is 0 Å². The molecule has 0 bridgehead atoms. The summed E-state index contributed by atoms with van der Waals surface area (Å²) in [4.78, 5) is 0. The second kappa shape index (κ2) is 25.4. The van der Waals surface area contributed by atoms with Gasteiger partial charge in [0.1, 0.15) is 0 Å². The van der Waals surface area contributed by atoms with Crippen molar-refractivity contribution in [1.29, 1.82) is 0 Å². The maximum Gasteiger partial charge on any atom is -0.0105 e. The maximum absolute atomic E-state index is 2.61. The third-order valence-electron chi connectivity index (χ3n) is 13.1. The highest BCUT2D eigenvalue weighted by Crippen LogP contribution is 2.46. The molecule has 0 aliphatic carbocycles. The molecule has 0 N–H and O–H groups in total. The molecular weight excluding hydrogens is 637 g/mol. The SMILES string of the molecule is CCCCCCCCCc1c2c(C)c(C)c(CC)c(CCC)c2c(CCCC)c2c(CCCCC)c(CCCCCC)c(CCCCCCC)c(C)c12. The second-order valence-corrected chi connectivity index (χ2v) is 17.2. The standard InChI is InChI=1S/C53H88/c1-11-18-23-26-27-29-33-39-48-50-41(9)40(8)43(17-7)46(34-16-6)52(50)49(35-22-15-5)53-47(38-30-21-14-4)45(37-31-25-20-13-3)44(42(10)51(48)53)36-32-28-24-19-12-2/h11-39H2,1-10H3. The Labute approximate surface area is 331 Å². The molecule has 3 aromatic carbocycles. The molecule has 0 heteroatoms. The highest BCUT2D eigenvalue weighted by atomic mass is 14.3. The highest BCUT2D eigenvalue weighted by molar-refractivity contribution is 6.12. The molecule has 0 aliphatic heterocycles. The van der Waals surface area contributed by atoms with Gasteiger partial charge in [-0.05, 0) is 175 Å². The molecule has 0 nitrogen and oxygen atoms in total. The van der Waals surface area contributed by atoms with Crippen molar-refractivity contribution in [2.75, 3.05) is 0 Å². The molecule has 0 saturated heterocycles. The normalized spacial score (nSPS) is 11.9. The van der Waals surface area contributed by atoms with Crippen LogP contribution in [0.5, 0.6) is 0 Å². The predicted octanol–water partition coefficient (Wildman–Crippen LogP) is 17.4. The molecule has 0 heterocycles. The summed E-state index contributed by atoms with van der Waals surface area (Å²) in [6, 6.07) is 0. The van der Waals surface area contributed by atoms with E-state index >= 15 is 0 Å². The maximum atomic E-state index is 2.61. The van der Waals surface area contributed by atoms with Crippen molar-refractivity contribution in [3.63, 3.8) is 0 Å². The third-order valence-corrected chi connectivity index (χ3v) is 13.1. The van der Waals surface area contributed by atoms with Gasteiger partial charge in [0, 0.05) is 0 Å². The molecule has 0 saturated carbocycles. The molecule has 0 aromatic heterocycles. The van der Waals surface area contributed by atoms with Gasteiger partial charge in [0.05, 0.1) is 0 Å². The van der Waals surface area contributed by atoms with E-state index in [9.17, 15) is 0 Å². The van der Waals surface area contributed by atoms with Gasteiger partial charge < -0.3 is 0 Å². The molecular formula is C53H88. The lowest BCUT2D eigenvalue weighted by molar-refractivity contribution is 0.590. The molecule has 0 spiro atoms. The number of rotatable bonds is 29. The van der Waals surface area contributed by atoms with Crippen LogP contribution < -0.4 is 0 Å². The van der Waals surface area contributed by atoms with Crippen LogP contribution in [0.15, 0.2) is 0 Å². The fraction of sp³-hybridized carbons (Fsp3) is 0.736. The van der Waals surface area contributed by atoms with Crippen LogP contribution in [0.4, 0.5) is 0 Å². The van der Waals surface area contributed by atoms with Crippen molar-refractivity contribution in [3.8, 4) is 0 Å². The van der Waals surface area contributed by atoms with E-state index in [1.54, 1.807) is 66.1 Å². The Kier molecular flexibility index (Phi) is 21.8. The van der Waals surface area contributed by atoms with Crippen LogP contribution in [0.1, 0.15) is 245 Å².